The predicted molar refractivity (Wildman–Crippen MR) is 43.4 cm³/mol. The molecule has 0 heterocycles. The van der Waals surface area contributed by atoms with Gasteiger partial charge in [-0.3, -0.25) is 4.79 Å². The van der Waals surface area contributed by atoms with Crippen LogP contribution >= 0.6 is 0 Å². The first-order valence-corrected chi connectivity index (χ1v) is 4.19. The smallest absolute Gasteiger partial charge is 0.161 e. The Morgan fingerprint density at radius 3 is 2.45 bits per heavy atom. The van der Waals surface area contributed by atoms with Crippen LogP contribution in [-0.4, -0.2) is 10.9 Å². The van der Waals surface area contributed by atoms with Crippen molar-refractivity contribution in [2.75, 3.05) is 0 Å². The molecule has 2 nitrogen and oxygen atoms in total. The van der Waals surface area contributed by atoms with Crippen LogP contribution in [0, 0.1) is 5.92 Å². The van der Waals surface area contributed by atoms with Gasteiger partial charge < -0.3 is 5.11 Å². The molecule has 0 atom stereocenters. The van der Waals surface area contributed by atoms with Gasteiger partial charge in [0.05, 0.1) is 6.26 Å². The zero-order valence-corrected chi connectivity index (χ0v) is 6.62. The van der Waals surface area contributed by atoms with Crippen molar-refractivity contribution in [3.8, 4) is 0 Å². The maximum Gasteiger partial charge on any atom is 0.161 e. The molecule has 11 heavy (non-hydrogen) atoms. The van der Waals surface area contributed by atoms with Gasteiger partial charge in [0.1, 0.15) is 0 Å². The van der Waals surface area contributed by atoms with Crippen LogP contribution in [0.15, 0.2) is 12.3 Å². The predicted octanol–water partition coefficient (Wildman–Crippen LogP) is 2.21. The molecule has 1 rings (SSSR count). The molecule has 2 heteroatoms. The SMILES string of the molecule is O=C(/C=C\O)C1CCCCC1. The van der Waals surface area contributed by atoms with Gasteiger partial charge in [0.2, 0.25) is 0 Å². The topological polar surface area (TPSA) is 37.3 Å². The Morgan fingerprint density at radius 2 is 1.91 bits per heavy atom. The van der Waals surface area contributed by atoms with Crippen LogP contribution in [0.3, 0.4) is 0 Å². The first kappa shape index (κ1) is 8.31. The molecule has 62 valence electrons. The standard InChI is InChI=1S/C9H14O2/c10-7-6-9(11)8-4-2-1-3-5-8/h6-8,10H,1-5H2/b7-6-. The molecule has 0 unspecified atom stereocenters. The third kappa shape index (κ3) is 2.37. The summed E-state index contributed by atoms with van der Waals surface area (Å²) in [5.74, 6) is 0.277. The summed E-state index contributed by atoms with van der Waals surface area (Å²) in [6.07, 6.45) is 7.71. The molecule has 0 amide bonds. The summed E-state index contributed by atoms with van der Waals surface area (Å²) < 4.78 is 0. The van der Waals surface area contributed by atoms with Crippen molar-refractivity contribution in [2.24, 2.45) is 5.92 Å². The zero-order chi connectivity index (χ0) is 8.10. The van der Waals surface area contributed by atoms with Crippen LogP contribution < -0.4 is 0 Å². The van der Waals surface area contributed by atoms with E-state index in [1.54, 1.807) is 0 Å². The number of carbonyl (C=O) groups excluding carboxylic acids is 1. The third-order valence-electron chi connectivity index (χ3n) is 2.25. The van der Waals surface area contributed by atoms with Crippen LogP contribution in [-0.2, 0) is 4.79 Å². The van der Waals surface area contributed by atoms with Gasteiger partial charge in [-0.2, -0.15) is 0 Å². The minimum absolute atomic E-state index is 0.0900. The van der Waals surface area contributed by atoms with E-state index >= 15 is 0 Å². The Labute approximate surface area is 66.9 Å². The Hall–Kier alpha value is -0.790. The number of ketones is 1. The van der Waals surface area contributed by atoms with Crippen LogP contribution in [0.4, 0.5) is 0 Å². The molecule has 0 saturated heterocycles. The Kier molecular flexibility index (Phi) is 3.14. The highest BCUT2D eigenvalue weighted by atomic mass is 16.2. The fourth-order valence-corrected chi connectivity index (χ4v) is 1.60. The molecule has 0 spiro atoms. The van der Waals surface area contributed by atoms with Crippen molar-refractivity contribution in [1.82, 2.24) is 0 Å². The summed E-state index contributed by atoms with van der Waals surface area (Å²) in [5.41, 5.74) is 0. The molecular weight excluding hydrogens is 140 g/mol. The quantitative estimate of drug-likeness (QED) is 0.489. The van der Waals surface area contributed by atoms with Gasteiger partial charge in [0.25, 0.3) is 0 Å². The number of carbonyl (C=O) groups is 1. The highest BCUT2D eigenvalue weighted by molar-refractivity contribution is 5.91. The number of hydrogen-bond acceptors (Lipinski definition) is 2. The average Bonchev–Trinajstić information content (AvgIpc) is 2.07. The van der Waals surface area contributed by atoms with Gasteiger partial charge in [-0.1, -0.05) is 19.3 Å². The minimum Gasteiger partial charge on any atom is -0.515 e. The van der Waals surface area contributed by atoms with Gasteiger partial charge in [0, 0.05) is 12.0 Å². The molecule has 0 aromatic carbocycles. The van der Waals surface area contributed by atoms with Crippen LogP contribution in [0.5, 0.6) is 0 Å². The molecule has 0 aromatic heterocycles. The van der Waals surface area contributed by atoms with Crippen molar-refractivity contribution in [2.45, 2.75) is 32.1 Å². The number of aliphatic hydroxyl groups is 1. The van der Waals surface area contributed by atoms with E-state index in [2.05, 4.69) is 0 Å². The summed E-state index contributed by atoms with van der Waals surface area (Å²) in [6.45, 7) is 0. The Balaban J connectivity index is 2.38. The maximum atomic E-state index is 11.2. The third-order valence-corrected chi connectivity index (χ3v) is 2.25. The van der Waals surface area contributed by atoms with E-state index < -0.39 is 0 Å². The van der Waals surface area contributed by atoms with E-state index in [9.17, 15) is 4.79 Å². The van der Waals surface area contributed by atoms with E-state index in [4.69, 9.17) is 5.11 Å². The van der Waals surface area contributed by atoms with Crippen LogP contribution in [0.2, 0.25) is 0 Å². The van der Waals surface area contributed by atoms with Crippen molar-refractivity contribution < 1.29 is 9.90 Å². The molecule has 0 aromatic rings. The van der Waals surface area contributed by atoms with Gasteiger partial charge in [0.15, 0.2) is 5.78 Å². The summed E-state index contributed by atoms with van der Waals surface area (Å²) in [7, 11) is 0. The van der Waals surface area contributed by atoms with Crippen molar-refractivity contribution >= 4 is 5.78 Å². The number of aliphatic hydroxyl groups excluding tert-OH is 1. The molecule has 0 bridgehead atoms. The summed E-state index contributed by atoms with van der Waals surface area (Å²) >= 11 is 0. The molecule has 1 aliphatic carbocycles. The van der Waals surface area contributed by atoms with E-state index in [0.717, 1.165) is 31.9 Å². The molecule has 1 saturated carbocycles. The normalized spacial score (nSPS) is 20.7. The lowest BCUT2D eigenvalue weighted by Crippen LogP contribution is -2.15. The lowest BCUT2D eigenvalue weighted by molar-refractivity contribution is -0.119. The number of hydrogen-bond donors (Lipinski definition) is 1. The molecule has 1 N–H and O–H groups in total. The van der Waals surface area contributed by atoms with E-state index in [1.165, 1.54) is 12.5 Å². The van der Waals surface area contributed by atoms with E-state index in [0.29, 0.717) is 0 Å². The molecular formula is C9H14O2. The summed E-state index contributed by atoms with van der Waals surface area (Å²) in [6, 6.07) is 0. The fraction of sp³-hybridized carbons (Fsp3) is 0.667. The molecule has 0 aliphatic heterocycles. The second kappa shape index (κ2) is 4.16. The molecule has 1 fully saturated rings. The number of allylic oxidation sites excluding steroid dienone is 1. The van der Waals surface area contributed by atoms with Gasteiger partial charge in [-0.15, -0.1) is 0 Å². The first-order chi connectivity index (χ1) is 5.34. The Morgan fingerprint density at radius 1 is 1.27 bits per heavy atom. The van der Waals surface area contributed by atoms with E-state index in [-0.39, 0.29) is 11.7 Å². The lowest BCUT2D eigenvalue weighted by atomic mass is 9.86. The largest absolute Gasteiger partial charge is 0.515 e. The second-order valence-electron chi connectivity index (χ2n) is 3.05. The van der Waals surface area contributed by atoms with Crippen molar-refractivity contribution in [3.05, 3.63) is 12.3 Å². The molecule has 0 radical (unpaired) electrons. The van der Waals surface area contributed by atoms with Crippen LogP contribution in [0.1, 0.15) is 32.1 Å². The number of rotatable bonds is 2. The Bertz CT molecular complexity index is 155. The van der Waals surface area contributed by atoms with Crippen molar-refractivity contribution in [3.63, 3.8) is 0 Å². The van der Waals surface area contributed by atoms with Crippen molar-refractivity contribution in [1.29, 1.82) is 0 Å². The summed E-state index contributed by atoms with van der Waals surface area (Å²) in [5, 5.41) is 8.37. The van der Waals surface area contributed by atoms with Crippen LogP contribution in [0.25, 0.3) is 0 Å². The van der Waals surface area contributed by atoms with Gasteiger partial charge in [-0.25, -0.2) is 0 Å². The monoisotopic (exact) mass is 154 g/mol. The summed E-state index contributed by atoms with van der Waals surface area (Å²) in [4.78, 5) is 11.2. The first-order valence-electron chi connectivity index (χ1n) is 4.19. The lowest BCUT2D eigenvalue weighted by Gasteiger charge is -2.18. The van der Waals surface area contributed by atoms with Gasteiger partial charge >= 0.3 is 0 Å². The maximum absolute atomic E-state index is 11.2. The highest BCUT2D eigenvalue weighted by Crippen LogP contribution is 2.24. The average molecular weight is 154 g/mol. The van der Waals surface area contributed by atoms with Gasteiger partial charge in [-0.05, 0) is 12.8 Å². The second-order valence-corrected chi connectivity index (χ2v) is 3.05. The molecule has 1 aliphatic rings. The highest BCUT2D eigenvalue weighted by Gasteiger charge is 2.18. The fourth-order valence-electron chi connectivity index (χ4n) is 1.60. The minimum atomic E-state index is 0.0900. The van der Waals surface area contributed by atoms with E-state index in [1.807, 2.05) is 0 Å². The zero-order valence-electron chi connectivity index (χ0n) is 6.62.